The van der Waals surface area contributed by atoms with Crippen LogP contribution in [0.15, 0.2) is 72.8 Å². The van der Waals surface area contributed by atoms with E-state index < -0.39 is 0 Å². The third-order valence-corrected chi connectivity index (χ3v) is 3.27. The van der Waals surface area contributed by atoms with Gasteiger partial charge in [0.2, 0.25) is 5.75 Å². The summed E-state index contributed by atoms with van der Waals surface area (Å²) in [6, 6.07) is 21.4. The van der Waals surface area contributed by atoms with Crippen LogP contribution < -0.4 is 9.47 Å². The van der Waals surface area contributed by atoms with Crippen LogP contribution in [-0.2, 0) is 0 Å². The molecule has 3 rings (SSSR count). The number of rotatable bonds is 4. The number of phenolic OH excluding ortho intramolecular Hbond substituents is 1. The van der Waals surface area contributed by atoms with Gasteiger partial charge in [0.1, 0.15) is 11.5 Å². The van der Waals surface area contributed by atoms with Crippen molar-refractivity contribution in [2.45, 2.75) is 0 Å². The first-order valence-electron chi connectivity index (χ1n) is 6.71. The second-order valence-electron chi connectivity index (χ2n) is 4.55. The van der Waals surface area contributed by atoms with Crippen LogP contribution in [-0.4, -0.2) is 5.11 Å². The molecule has 0 heterocycles. The fourth-order valence-electron chi connectivity index (χ4n) is 1.93. The Kier molecular flexibility index (Phi) is 4.17. The van der Waals surface area contributed by atoms with E-state index in [1.54, 1.807) is 30.3 Å². The zero-order valence-electron chi connectivity index (χ0n) is 11.6. The standard InChI is InChI=1S/C18H13ClO3/c19-15-11-12-16(20)18(22-14-9-5-2-6-10-14)17(15)21-13-7-3-1-4-8-13/h1-12,20H. The van der Waals surface area contributed by atoms with Gasteiger partial charge in [-0.3, -0.25) is 0 Å². The Morgan fingerprint density at radius 2 is 1.14 bits per heavy atom. The molecule has 0 aliphatic carbocycles. The van der Waals surface area contributed by atoms with Crippen molar-refractivity contribution in [3.63, 3.8) is 0 Å². The molecule has 3 aromatic carbocycles. The van der Waals surface area contributed by atoms with Gasteiger partial charge in [0.05, 0.1) is 5.02 Å². The molecule has 110 valence electrons. The van der Waals surface area contributed by atoms with Crippen molar-refractivity contribution in [1.82, 2.24) is 0 Å². The van der Waals surface area contributed by atoms with Crippen molar-refractivity contribution >= 4 is 11.6 Å². The van der Waals surface area contributed by atoms with E-state index in [4.69, 9.17) is 21.1 Å². The van der Waals surface area contributed by atoms with Gasteiger partial charge in [-0.2, -0.15) is 0 Å². The highest BCUT2D eigenvalue weighted by atomic mass is 35.5. The van der Waals surface area contributed by atoms with Gasteiger partial charge >= 0.3 is 0 Å². The Hall–Kier alpha value is -2.65. The van der Waals surface area contributed by atoms with E-state index in [9.17, 15) is 5.11 Å². The van der Waals surface area contributed by atoms with E-state index in [2.05, 4.69) is 0 Å². The van der Waals surface area contributed by atoms with Crippen molar-refractivity contribution in [2.24, 2.45) is 0 Å². The number of hydrogen-bond donors (Lipinski definition) is 1. The number of halogens is 1. The summed E-state index contributed by atoms with van der Waals surface area (Å²) < 4.78 is 11.5. The summed E-state index contributed by atoms with van der Waals surface area (Å²) in [5.41, 5.74) is 0. The average Bonchev–Trinajstić information content (AvgIpc) is 2.56. The minimum atomic E-state index is -0.0424. The lowest BCUT2D eigenvalue weighted by Crippen LogP contribution is -1.92. The van der Waals surface area contributed by atoms with Crippen molar-refractivity contribution in [1.29, 1.82) is 0 Å². The molecule has 3 aromatic rings. The SMILES string of the molecule is Oc1ccc(Cl)c(Oc2ccccc2)c1Oc1ccccc1. The highest BCUT2D eigenvalue weighted by molar-refractivity contribution is 6.32. The number of phenols is 1. The minimum Gasteiger partial charge on any atom is -0.504 e. The molecule has 0 atom stereocenters. The topological polar surface area (TPSA) is 38.7 Å². The molecule has 0 amide bonds. The first-order chi connectivity index (χ1) is 10.7. The molecule has 0 spiro atoms. The molecule has 0 unspecified atom stereocenters. The van der Waals surface area contributed by atoms with Crippen LogP contribution in [0, 0.1) is 0 Å². The number of aromatic hydroxyl groups is 1. The quantitative estimate of drug-likeness (QED) is 0.678. The number of benzene rings is 3. The molecule has 0 bridgehead atoms. The summed E-state index contributed by atoms with van der Waals surface area (Å²) in [6.07, 6.45) is 0. The Bertz CT molecular complexity index is 692. The van der Waals surface area contributed by atoms with Crippen molar-refractivity contribution < 1.29 is 14.6 Å². The highest BCUT2D eigenvalue weighted by Crippen LogP contribution is 2.46. The largest absolute Gasteiger partial charge is 0.504 e. The molecule has 0 fully saturated rings. The molecule has 0 aromatic heterocycles. The molecular formula is C18H13ClO3. The highest BCUT2D eigenvalue weighted by Gasteiger charge is 2.17. The van der Waals surface area contributed by atoms with E-state index in [-0.39, 0.29) is 17.2 Å². The Labute approximate surface area is 133 Å². The van der Waals surface area contributed by atoms with Gasteiger partial charge < -0.3 is 14.6 Å². The lowest BCUT2D eigenvalue weighted by Gasteiger charge is -2.15. The summed E-state index contributed by atoms with van der Waals surface area (Å²) in [5, 5.41) is 10.4. The molecule has 0 saturated heterocycles. The van der Waals surface area contributed by atoms with Gasteiger partial charge in [-0.05, 0) is 36.4 Å². The van der Waals surface area contributed by atoms with Crippen LogP contribution in [0.3, 0.4) is 0 Å². The molecule has 22 heavy (non-hydrogen) atoms. The first kappa shape index (κ1) is 14.3. The summed E-state index contributed by atoms with van der Waals surface area (Å²) in [7, 11) is 0. The molecule has 0 radical (unpaired) electrons. The maximum atomic E-state index is 10.1. The summed E-state index contributed by atoms with van der Waals surface area (Å²) in [5.74, 6) is 1.60. The predicted octanol–water partition coefficient (Wildman–Crippen LogP) is 5.63. The smallest absolute Gasteiger partial charge is 0.213 e. The van der Waals surface area contributed by atoms with Gasteiger partial charge in [0.25, 0.3) is 0 Å². The van der Waals surface area contributed by atoms with Crippen LogP contribution in [0.2, 0.25) is 5.02 Å². The second-order valence-corrected chi connectivity index (χ2v) is 4.96. The number of para-hydroxylation sites is 2. The number of hydrogen-bond acceptors (Lipinski definition) is 3. The predicted molar refractivity (Wildman–Crippen MR) is 86.1 cm³/mol. The molecule has 0 saturated carbocycles. The first-order valence-corrected chi connectivity index (χ1v) is 7.09. The summed E-state index contributed by atoms with van der Waals surface area (Å²) in [6.45, 7) is 0. The zero-order valence-corrected chi connectivity index (χ0v) is 12.3. The average molecular weight is 313 g/mol. The van der Waals surface area contributed by atoms with Crippen molar-refractivity contribution in [3.8, 4) is 28.7 Å². The number of ether oxygens (including phenoxy) is 2. The third kappa shape index (κ3) is 3.15. The van der Waals surface area contributed by atoms with Crippen molar-refractivity contribution in [3.05, 3.63) is 77.8 Å². The monoisotopic (exact) mass is 312 g/mol. The van der Waals surface area contributed by atoms with Crippen LogP contribution in [0.25, 0.3) is 0 Å². The second kappa shape index (κ2) is 6.41. The van der Waals surface area contributed by atoms with Crippen LogP contribution >= 0.6 is 11.6 Å². The van der Waals surface area contributed by atoms with Gasteiger partial charge in [-0.25, -0.2) is 0 Å². The van der Waals surface area contributed by atoms with Gasteiger partial charge in [-0.15, -0.1) is 0 Å². The van der Waals surface area contributed by atoms with Crippen LogP contribution in [0.1, 0.15) is 0 Å². The molecule has 1 N–H and O–H groups in total. The fourth-order valence-corrected chi connectivity index (χ4v) is 2.12. The van der Waals surface area contributed by atoms with Gasteiger partial charge in [0, 0.05) is 0 Å². The normalized spacial score (nSPS) is 10.2. The summed E-state index contributed by atoms with van der Waals surface area (Å²) in [4.78, 5) is 0. The van der Waals surface area contributed by atoms with E-state index in [0.29, 0.717) is 16.5 Å². The third-order valence-electron chi connectivity index (χ3n) is 2.97. The molecule has 3 nitrogen and oxygen atoms in total. The minimum absolute atomic E-state index is 0.0424. The maximum absolute atomic E-state index is 10.1. The van der Waals surface area contributed by atoms with Gasteiger partial charge in [-0.1, -0.05) is 48.0 Å². The molecular weight excluding hydrogens is 300 g/mol. The Balaban J connectivity index is 1.99. The lowest BCUT2D eigenvalue weighted by molar-refractivity contribution is 0.381. The van der Waals surface area contributed by atoms with E-state index in [1.165, 1.54) is 6.07 Å². The van der Waals surface area contributed by atoms with Crippen LogP contribution in [0.4, 0.5) is 0 Å². The molecule has 4 heteroatoms. The van der Waals surface area contributed by atoms with Crippen molar-refractivity contribution in [2.75, 3.05) is 0 Å². The van der Waals surface area contributed by atoms with Gasteiger partial charge in [0.15, 0.2) is 11.5 Å². The zero-order chi connectivity index (χ0) is 15.4. The Morgan fingerprint density at radius 3 is 1.68 bits per heavy atom. The molecule has 0 aliphatic rings. The summed E-state index contributed by atoms with van der Waals surface area (Å²) >= 11 is 6.20. The lowest BCUT2D eigenvalue weighted by atomic mass is 10.2. The molecule has 0 aliphatic heterocycles. The van der Waals surface area contributed by atoms with E-state index in [1.807, 2.05) is 36.4 Å². The fraction of sp³-hybridized carbons (Fsp3) is 0. The maximum Gasteiger partial charge on any atom is 0.213 e. The van der Waals surface area contributed by atoms with Crippen LogP contribution in [0.5, 0.6) is 28.7 Å². The van der Waals surface area contributed by atoms with E-state index in [0.717, 1.165) is 0 Å². The van der Waals surface area contributed by atoms with E-state index >= 15 is 0 Å². The Morgan fingerprint density at radius 1 is 0.636 bits per heavy atom.